The molecule has 2 heterocycles. The first-order valence-electron chi connectivity index (χ1n) is 6.80. The van der Waals surface area contributed by atoms with Gasteiger partial charge in [-0.2, -0.15) is 0 Å². The Morgan fingerprint density at radius 2 is 2.14 bits per heavy atom. The number of aryl methyl sites for hydroxylation is 2. The molecule has 0 spiro atoms. The Labute approximate surface area is 131 Å². The summed E-state index contributed by atoms with van der Waals surface area (Å²) in [5, 5.41) is 19.0. The molecule has 7 heteroatoms. The van der Waals surface area contributed by atoms with E-state index in [9.17, 15) is 4.79 Å². The number of benzene rings is 1. The van der Waals surface area contributed by atoms with E-state index in [1.165, 1.54) is 11.8 Å². The highest BCUT2D eigenvalue weighted by atomic mass is 32.2. The van der Waals surface area contributed by atoms with Crippen molar-refractivity contribution in [1.82, 2.24) is 19.3 Å². The molecule has 0 amide bonds. The van der Waals surface area contributed by atoms with E-state index in [2.05, 4.69) is 16.3 Å². The molecule has 0 unspecified atom stereocenters. The third kappa shape index (κ3) is 2.48. The molecule has 0 saturated carbocycles. The van der Waals surface area contributed by atoms with E-state index in [0.29, 0.717) is 0 Å². The fraction of sp³-hybridized carbons (Fsp3) is 0.267. The van der Waals surface area contributed by atoms with Crippen LogP contribution in [0.1, 0.15) is 11.3 Å². The number of hydrogen-bond acceptors (Lipinski definition) is 4. The highest BCUT2D eigenvalue weighted by Crippen LogP contribution is 2.37. The maximum Gasteiger partial charge on any atom is 0.323 e. The second-order valence-electron chi connectivity index (χ2n) is 5.24. The summed E-state index contributed by atoms with van der Waals surface area (Å²) in [6.07, 6.45) is 1.65. The van der Waals surface area contributed by atoms with Crippen LogP contribution in [0.15, 0.2) is 34.6 Å². The average molecular weight is 316 g/mol. The smallest absolute Gasteiger partial charge is 0.323 e. The number of carboxylic acids is 1. The van der Waals surface area contributed by atoms with Crippen LogP contribution in [0.2, 0.25) is 0 Å². The summed E-state index contributed by atoms with van der Waals surface area (Å²) < 4.78 is 3.68. The normalized spacial score (nSPS) is 11.2. The van der Waals surface area contributed by atoms with Crippen LogP contribution in [-0.2, 0) is 18.4 Å². The number of carbonyl (C=O) groups is 1. The van der Waals surface area contributed by atoms with Gasteiger partial charge in [0, 0.05) is 28.5 Å². The molecule has 114 valence electrons. The van der Waals surface area contributed by atoms with Gasteiger partial charge in [0.15, 0.2) is 5.16 Å². The van der Waals surface area contributed by atoms with Gasteiger partial charge in [-0.3, -0.25) is 4.79 Å². The van der Waals surface area contributed by atoms with Gasteiger partial charge in [-0.25, -0.2) is 0 Å². The number of aliphatic carboxylic acids is 1. The molecule has 3 rings (SSSR count). The van der Waals surface area contributed by atoms with Gasteiger partial charge in [-0.05, 0) is 37.7 Å². The van der Waals surface area contributed by atoms with E-state index >= 15 is 0 Å². The summed E-state index contributed by atoms with van der Waals surface area (Å²) in [5.74, 6) is -0.851. The van der Waals surface area contributed by atoms with Crippen molar-refractivity contribution < 1.29 is 9.90 Å². The Hall–Kier alpha value is -2.28. The number of rotatable bonds is 4. The maximum atomic E-state index is 11.2. The van der Waals surface area contributed by atoms with Crippen molar-refractivity contribution in [1.29, 1.82) is 0 Å². The van der Waals surface area contributed by atoms with Gasteiger partial charge < -0.3 is 14.2 Å². The molecule has 0 aliphatic rings. The lowest BCUT2D eigenvalue weighted by atomic mass is 10.2. The van der Waals surface area contributed by atoms with Gasteiger partial charge in [0.2, 0.25) is 0 Å². The zero-order valence-corrected chi connectivity index (χ0v) is 13.4. The summed E-state index contributed by atoms with van der Waals surface area (Å²) in [6.45, 7) is 3.92. The molecule has 0 bridgehead atoms. The van der Waals surface area contributed by atoms with Crippen LogP contribution in [0.4, 0.5) is 0 Å². The summed E-state index contributed by atoms with van der Waals surface area (Å²) in [7, 11) is 1.89. The first-order chi connectivity index (χ1) is 10.5. The third-order valence-corrected chi connectivity index (χ3v) is 4.85. The lowest BCUT2D eigenvalue weighted by Crippen LogP contribution is -2.09. The van der Waals surface area contributed by atoms with E-state index in [1.54, 1.807) is 6.33 Å². The van der Waals surface area contributed by atoms with Crippen molar-refractivity contribution in [3.05, 3.63) is 35.8 Å². The summed E-state index contributed by atoms with van der Waals surface area (Å²) in [6, 6.07) is 6.05. The number of aromatic nitrogens is 4. The van der Waals surface area contributed by atoms with Crippen molar-refractivity contribution >= 4 is 28.6 Å². The molecular weight excluding hydrogens is 300 g/mol. The molecule has 2 aromatic heterocycles. The molecule has 0 radical (unpaired) electrons. The van der Waals surface area contributed by atoms with Gasteiger partial charge in [0.05, 0.1) is 0 Å². The predicted molar refractivity (Wildman–Crippen MR) is 84.2 cm³/mol. The molecule has 6 nitrogen and oxygen atoms in total. The number of nitrogens with zero attached hydrogens (tertiary/aromatic N) is 4. The molecule has 3 aromatic rings. The quantitative estimate of drug-likeness (QED) is 0.801. The molecule has 0 atom stereocenters. The second kappa shape index (κ2) is 5.49. The second-order valence-corrected chi connectivity index (χ2v) is 6.22. The van der Waals surface area contributed by atoms with Crippen molar-refractivity contribution in [2.45, 2.75) is 30.4 Å². The molecule has 0 aliphatic heterocycles. The third-order valence-electron chi connectivity index (χ3n) is 3.58. The SMILES string of the molecule is Cc1ccc2c(c1)c(Sc1nncn1C)c(C)n2CC(=O)O. The first kappa shape index (κ1) is 14.6. The minimum Gasteiger partial charge on any atom is -0.480 e. The van der Waals surface area contributed by atoms with Crippen LogP contribution in [0.25, 0.3) is 10.9 Å². The van der Waals surface area contributed by atoms with Crippen molar-refractivity contribution in [3.8, 4) is 0 Å². The zero-order valence-electron chi connectivity index (χ0n) is 12.6. The van der Waals surface area contributed by atoms with E-state index in [1.807, 2.05) is 42.2 Å². The maximum absolute atomic E-state index is 11.2. The number of carboxylic acid groups (broad SMARTS) is 1. The van der Waals surface area contributed by atoms with Crippen LogP contribution >= 0.6 is 11.8 Å². The fourth-order valence-corrected chi connectivity index (χ4v) is 3.48. The summed E-state index contributed by atoms with van der Waals surface area (Å²) >= 11 is 1.51. The number of hydrogen-bond donors (Lipinski definition) is 1. The lowest BCUT2D eigenvalue weighted by Gasteiger charge is -2.05. The molecule has 0 aliphatic carbocycles. The fourth-order valence-electron chi connectivity index (χ4n) is 2.49. The Morgan fingerprint density at radius 3 is 2.77 bits per heavy atom. The van der Waals surface area contributed by atoms with Crippen molar-refractivity contribution in [2.75, 3.05) is 0 Å². The number of fused-ring (bicyclic) bond motifs is 1. The van der Waals surface area contributed by atoms with E-state index in [4.69, 9.17) is 5.11 Å². The highest BCUT2D eigenvalue weighted by molar-refractivity contribution is 7.99. The van der Waals surface area contributed by atoms with Crippen molar-refractivity contribution in [3.63, 3.8) is 0 Å². The first-order valence-corrected chi connectivity index (χ1v) is 7.62. The van der Waals surface area contributed by atoms with Gasteiger partial charge in [-0.1, -0.05) is 11.6 Å². The van der Waals surface area contributed by atoms with Gasteiger partial charge in [-0.15, -0.1) is 10.2 Å². The highest BCUT2D eigenvalue weighted by Gasteiger charge is 2.18. The average Bonchev–Trinajstić information content (AvgIpc) is 2.96. The summed E-state index contributed by atoms with van der Waals surface area (Å²) in [5.41, 5.74) is 2.99. The van der Waals surface area contributed by atoms with Gasteiger partial charge >= 0.3 is 5.97 Å². The minimum absolute atomic E-state index is 0.0508. The van der Waals surface area contributed by atoms with Gasteiger partial charge in [0.1, 0.15) is 12.9 Å². The minimum atomic E-state index is -0.851. The summed E-state index contributed by atoms with van der Waals surface area (Å²) in [4.78, 5) is 12.2. The molecule has 1 aromatic carbocycles. The van der Waals surface area contributed by atoms with Crippen LogP contribution < -0.4 is 0 Å². The molecular formula is C15H16N4O2S. The zero-order chi connectivity index (χ0) is 15.9. The van der Waals surface area contributed by atoms with Crippen LogP contribution in [0.5, 0.6) is 0 Å². The molecule has 0 fully saturated rings. The Kier molecular flexibility index (Phi) is 3.66. The Bertz CT molecular complexity index is 866. The van der Waals surface area contributed by atoms with Crippen LogP contribution in [-0.4, -0.2) is 30.4 Å². The van der Waals surface area contributed by atoms with Crippen molar-refractivity contribution in [2.24, 2.45) is 7.05 Å². The lowest BCUT2D eigenvalue weighted by molar-refractivity contribution is -0.137. The van der Waals surface area contributed by atoms with Crippen LogP contribution in [0.3, 0.4) is 0 Å². The van der Waals surface area contributed by atoms with E-state index < -0.39 is 5.97 Å². The van der Waals surface area contributed by atoms with Gasteiger partial charge in [0.25, 0.3) is 0 Å². The molecule has 22 heavy (non-hydrogen) atoms. The monoisotopic (exact) mass is 316 g/mol. The van der Waals surface area contributed by atoms with E-state index in [-0.39, 0.29) is 6.54 Å². The predicted octanol–water partition coefficient (Wildman–Crippen LogP) is 2.62. The molecule has 1 N–H and O–H groups in total. The molecule has 0 saturated heterocycles. The Morgan fingerprint density at radius 1 is 1.36 bits per heavy atom. The largest absolute Gasteiger partial charge is 0.480 e. The standard InChI is InChI=1S/C15H16N4O2S/c1-9-4-5-12-11(6-9)14(10(2)19(12)7-13(20)21)22-15-17-16-8-18(15)3/h4-6,8H,7H2,1-3H3,(H,20,21). The topological polar surface area (TPSA) is 72.9 Å². The van der Waals surface area contributed by atoms with E-state index in [0.717, 1.165) is 32.2 Å². The van der Waals surface area contributed by atoms with Crippen LogP contribution in [0, 0.1) is 13.8 Å². The Balaban J connectivity index is 2.19.